The summed E-state index contributed by atoms with van der Waals surface area (Å²) in [5.74, 6) is 0. The Bertz CT molecular complexity index is 109. The second kappa shape index (κ2) is 1.84. The first-order valence-electron chi connectivity index (χ1n) is 1.79. The number of nitrogens with zero attached hydrogens (tertiary/aromatic N) is 2. The van der Waals surface area contributed by atoms with Crippen molar-refractivity contribution in [3.8, 4) is 0 Å². The zero-order valence-corrected chi connectivity index (χ0v) is 4.26. The normalized spacial score (nSPS) is 17.0. The minimum Gasteiger partial charge on any atom is -0.288 e. The third kappa shape index (κ3) is 1.08. The van der Waals surface area contributed by atoms with E-state index in [1.807, 2.05) is 0 Å². The molecule has 0 aromatic heterocycles. The van der Waals surface area contributed by atoms with Crippen molar-refractivity contribution in [1.82, 2.24) is 9.95 Å². The molecule has 0 unspecified atom stereocenters. The molecule has 0 amide bonds. The molecule has 0 aromatic carbocycles. The molecule has 7 heavy (non-hydrogen) atoms. The lowest BCUT2D eigenvalue weighted by molar-refractivity contribution is 0.577. The zero-order valence-electron chi connectivity index (χ0n) is 3.50. The molecule has 0 fully saturated rings. The number of rotatable bonds is 0. The van der Waals surface area contributed by atoms with E-state index in [9.17, 15) is 0 Å². The van der Waals surface area contributed by atoms with Crippen LogP contribution in [-0.4, -0.2) is 10.9 Å². The van der Waals surface area contributed by atoms with E-state index in [1.165, 1.54) is 10.9 Å². The molecule has 0 saturated heterocycles. The number of hydrogen-bond acceptors (Lipinski definition) is 3. The number of nitrogens with one attached hydrogen (secondary N) is 1. The molecular weight excluding hydrogens is 114 g/mol. The maximum absolute atomic E-state index is 5.34. The molecule has 3 nitrogen and oxygen atoms in total. The predicted octanol–water partition coefficient (Wildman–Crippen LogP) is 0.460. The molecule has 0 spiro atoms. The van der Waals surface area contributed by atoms with Crippen molar-refractivity contribution in [2.75, 3.05) is 0 Å². The Balaban J connectivity index is 2.49. The lowest BCUT2D eigenvalue weighted by Gasteiger charge is -2.09. The molecule has 0 radical (unpaired) electrons. The molecule has 0 bridgehead atoms. The average Bonchev–Trinajstić information content (AvgIpc) is 1.69. The Morgan fingerprint density at radius 3 is 2.86 bits per heavy atom. The van der Waals surface area contributed by atoms with E-state index in [1.54, 1.807) is 12.4 Å². The fraction of sp³-hybridized carbons (Fsp3) is 0. The highest BCUT2D eigenvalue weighted by atomic mass is 35.5. The average molecular weight is 118 g/mol. The van der Waals surface area contributed by atoms with Crippen LogP contribution >= 0.6 is 11.8 Å². The van der Waals surface area contributed by atoms with Crippen molar-refractivity contribution in [2.24, 2.45) is 4.99 Å². The molecule has 0 aromatic rings. The maximum atomic E-state index is 5.34. The first kappa shape index (κ1) is 4.46. The van der Waals surface area contributed by atoms with Gasteiger partial charge in [0.05, 0.1) is 0 Å². The summed E-state index contributed by atoms with van der Waals surface area (Å²) < 4.78 is 1.24. The fourth-order valence-corrected chi connectivity index (χ4v) is 0.385. The topological polar surface area (TPSA) is 27.6 Å². The van der Waals surface area contributed by atoms with Crippen molar-refractivity contribution < 1.29 is 0 Å². The highest BCUT2D eigenvalue weighted by Crippen LogP contribution is 1.87. The van der Waals surface area contributed by atoms with Gasteiger partial charge >= 0.3 is 0 Å². The standard InChI is InChI=1S/C3H4ClN3/c4-7-3-5-1-2-6-7/h1-3,6H. The molecule has 1 heterocycles. The number of hydrogen-bond donors (Lipinski definition) is 1. The van der Waals surface area contributed by atoms with Crippen molar-refractivity contribution >= 4 is 18.1 Å². The van der Waals surface area contributed by atoms with Gasteiger partial charge in [0.1, 0.15) is 6.34 Å². The molecule has 0 atom stereocenters. The fourth-order valence-electron chi connectivity index (χ4n) is 0.278. The van der Waals surface area contributed by atoms with Gasteiger partial charge in [0.25, 0.3) is 0 Å². The number of halogens is 1. The van der Waals surface area contributed by atoms with Gasteiger partial charge in [0.2, 0.25) is 0 Å². The second-order valence-corrected chi connectivity index (χ2v) is 1.38. The summed E-state index contributed by atoms with van der Waals surface area (Å²) in [5.41, 5.74) is 2.65. The van der Waals surface area contributed by atoms with Crippen LogP contribution in [-0.2, 0) is 0 Å². The van der Waals surface area contributed by atoms with Crippen LogP contribution in [0.1, 0.15) is 0 Å². The maximum Gasteiger partial charge on any atom is 0.128 e. The highest BCUT2D eigenvalue weighted by molar-refractivity contribution is 6.18. The van der Waals surface area contributed by atoms with Crippen LogP contribution in [0.5, 0.6) is 0 Å². The minimum atomic E-state index is 1.24. The first-order chi connectivity index (χ1) is 3.39. The number of aliphatic imine (C=N–C) groups is 1. The molecule has 0 aliphatic carbocycles. The first-order valence-corrected chi connectivity index (χ1v) is 2.13. The molecule has 1 rings (SSSR count). The van der Waals surface area contributed by atoms with Gasteiger partial charge in [0.15, 0.2) is 0 Å². The van der Waals surface area contributed by atoms with E-state index in [0.717, 1.165) is 0 Å². The van der Waals surface area contributed by atoms with Crippen LogP contribution in [0.3, 0.4) is 0 Å². The van der Waals surface area contributed by atoms with Crippen LogP contribution in [0.4, 0.5) is 0 Å². The van der Waals surface area contributed by atoms with Crippen molar-refractivity contribution in [1.29, 1.82) is 0 Å². The zero-order chi connectivity index (χ0) is 5.11. The Hall–Kier alpha value is -0.700. The summed E-state index contributed by atoms with van der Waals surface area (Å²) in [5, 5.41) is 0. The summed E-state index contributed by atoms with van der Waals surface area (Å²) in [6.45, 7) is 0. The lowest BCUT2D eigenvalue weighted by Crippen LogP contribution is -2.24. The third-order valence-electron chi connectivity index (χ3n) is 0.527. The molecule has 38 valence electrons. The summed E-state index contributed by atoms with van der Waals surface area (Å²) >= 11 is 5.34. The molecule has 1 aliphatic rings. The van der Waals surface area contributed by atoms with Crippen LogP contribution in [0.15, 0.2) is 17.4 Å². The largest absolute Gasteiger partial charge is 0.288 e. The van der Waals surface area contributed by atoms with Crippen molar-refractivity contribution in [3.05, 3.63) is 12.4 Å². The summed E-state index contributed by atoms with van der Waals surface area (Å²) in [6.07, 6.45) is 4.70. The van der Waals surface area contributed by atoms with Gasteiger partial charge in [-0.2, -0.15) is 4.53 Å². The summed E-state index contributed by atoms with van der Waals surface area (Å²) in [4.78, 5) is 3.68. The van der Waals surface area contributed by atoms with E-state index in [4.69, 9.17) is 11.8 Å². The van der Waals surface area contributed by atoms with Crippen LogP contribution in [0.25, 0.3) is 0 Å². The van der Waals surface area contributed by atoms with Gasteiger partial charge in [-0.15, -0.1) is 0 Å². The Kier molecular flexibility index (Phi) is 1.17. The third-order valence-corrected chi connectivity index (χ3v) is 0.711. The smallest absolute Gasteiger partial charge is 0.128 e. The Labute approximate surface area is 46.4 Å². The van der Waals surface area contributed by atoms with Gasteiger partial charge in [-0.1, -0.05) is 0 Å². The lowest BCUT2D eigenvalue weighted by atomic mass is 10.9. The summed E-state index contributed by atoms with van der Waals surface area (Å²) in [7, 11) is 0. The van der Waals surface area contributed by atoms with Crippen LogP contribution < -0.4 is 5.43 Å². The van der Waals surface area contributed by atoms with E-state index in [2.05, 4.69) is 10.4 Å². The van der Waals surface area contributed by atoms with Crippen molar-refractivity contribution in [3.63, 3.8) is 0 Å². The van der Waals surface area contributed by atoms with E-state index in [-0.39, 0.29) is 0 Å². The Morgan fingerprint density at radius 2 is 2.57 bits per heavy atom. The van der Waals surface area contributed by atoms with Gasteiger partial charge < -0.3 is 0 Å². The molecule has 0 saturated carbocycles. The monoisotopic (exact) mass is 117 g/mol. The van der Waals surface area contributed by atoms with Gasteiger partial charge in [-0.3, -0.25) is 5.43 Å². The molecule has 1 N–H and O–H groups in total. The summed E-state index contributed by atoms with van der Waals surface area (Å²) in [6, 6.07) is 0. The van der Waals surface area contributed by atoms with Gasteiger partial charge in [-0.05, 0) is 0 Å². The van der Waals surface area contributed by atoms with E-state index >= 15 is 0 Å². The molecule has 1 aliphatic heterocycles. The molecule has 4 heteroatoms. The highest BCUT2D eigenvalue weighted by Gasteiger charge is 1.88. The number of hydrazine groups is 1. The predicted molar refractivity (Wildman–Crippen MR) is 28.5 cm³/mol. The van der Waals surface area contributed by atoms with E-state index < -0.39 is 0 Å². The quantitative estimate of drug-likeness (QED) is 0.467. The Morgan fingerprint density at radius 1 is 1.71 bits per heavy atom. The second-order valence-electron chi connectivity index (χ2n) is 1.02. The SMILES string of the molecule is ClN1C=NC=CN1. The van der Waals surface area contributed by atoms with Gasteiger partial charge in [-0.25, -0.2) is 4.99 Å². The minimum absolute atomic E-state index is 1.24. The van der Waals surface area contributed by atoms with Gasteiger partial charge in [0, 0.05) is 24.2 Å². The van der Waals surface area contributed by atoms with E-state index in [0.29, 0.717) is 0 Å². The van der Waals surface area contributed by atoms with Crippen LogP contribution in [0, 0.1) is 0 Å². The van der Waals surface area contributed by atoms with Crippen LogP contribution in [0.2, 0.25) is 0 Å². The molecular formula is C3H4ClN3. The van der Waals surface area contributed by atoms with Crippen molar-refractivity contribution in [2.45, 2.75) is 0 Å².